The van der Waals surface area contributed by atoms with E-state index in [4.69, 9.17) is 4.74 Å². The Morgan fingerprint density at radius 1 is 1.11 bits per heavy atom. The molecule has 1 amide bonds. The van der Waals surface area contributed by atoms with E-state index in [0.29, 0.717) is 5.56 Å². The summed E-state index contributed by atoms with van der Waals surface area (Å²) in [5, 5.41) is 2.16. The van der Waals surface area contributed by atoms with Gasteiger partial charge in [-0.05, 0) is 41.3 Å². The minimum Gasteiger partial charge on any atom is -0.497 e. The third-order valence-corrected chi connectivity index (χ3v) is 6.25. The summed E-state index contributed by atoms with van der Waals surface area (Å²) in [6.07, 6.45) is 2.08. The molecular weight excluding hydrogens is 388 g/mol. The van der Waals surface area contributed by atoms with Gasteiger partial charge in [-0.25, -0.2) is 0 Å². The molecule has 4 rings (SSSR count). The first-order chi connectivity index (χ1) is 13.7. The Bertz CT molecular complexity index is 1220. The van der Waals surface area contributed by atoms with E-state index in [1.54, 1.807) is 18.9 Å². The normalized spacial score (nSPS) is 12.0. The Balaban J connectivity index is 1.81. The standard InChI is InChI=1S/C22H20N2O2S2/c1-26-18-9-10-20-19(14-18)24(11-12-27-2)22(28-20)23-21(25)17-8-7-15-5-3-4-6-16(15)13-17/h3-10,13-14H,11-12H2,1-2H3. The lowest BCUT2D eigenvalue weighted by atomic mass is 10.1. The van der Waals surface area contributed by atoms with Crippen molar-refractivity contribution >= 4 is 50.0 Å². The lowest BCUT2D eigenvalue weighted by Crippen LogP contribution is -2.18. The Kier molecular flexibility index (Phi) is 5.50. The lowest BCUT2D eigenvalue weighted by Gasteiger charge is -2.05. The molecule has 1 heterocycles. The van der Waals surface area contributed by atoms with Crippen LogP contribution in [0.3, 0.4) is 0 Å². The van der Waals surface area contributed by atoms with Gasteiger partial charge in [-0.15, -0.1) is 0 Å². The lowest BCUT2D eigenvalue weighted by molar-refractivity contribution is 0.0998. The van der Waals surface area contributed by atoms with Crippen molar-refractivity contribution in [2.24, 2.45) is 4.99 Å². The Hall–Kier alpha value is -2.57. The second-order valence-corrected chi connectivity index (χ2v) is 8.34. The van der Waals surface area contributed by atoms with Gasteiger partial charge in [0.25, 0.3) is 5.91 Å². The molecule has 0 radical (unpaired) electrons. The van der Waals surface area contributed by atoms with Gasteiger partial charge in [0.1, 0.15) is 5.75 Å². The fourth-order valence-corrected chi connectivity index (χ4v) is 4.53. The van der Waals surface area contributed by atoms with E-state index in [1.165, 1.54) is 11.3 Å². The topological polar surface area (TPSA) is 43.6 Å². The molecule has 0 aliphatic rings. The zero-order chi connectivity index (χ0) is 19.5. The monoisotopic (exact) mass is 408 g/mol. The molecule has 0 saturated carbocycles. The average molecular weight is 409 g/mol. The second kappa shape index (κ2) is 8.20. The molecule has 0 unspecified atom stereocenters. The van der Waals surface area contributed by atoms with E-state index in [2.05, 4.69) is 15.8 Å². The van der Waals surface area contributed by atoms with Crippen molar-refractivity contribution in [2.75, 3.05) is 19.1 Å². The third-order valence-electron chi connectivity index (χ3n) is 4.60. The molecule has 0 fully saturated rings. The number of aromatic nitrogens is 1. The van der Waals surface area contributed by atoms with E-state index in [1.807, 2.05) is 60.7 Å². The van der Waals surface area contributed by atoms with Crippen molar-refractivity contribution in [2.45, 2.75) is 6.54 Å². The number of amides is 1. The van der Waals surface area contributed by atoms with Crippen molar-refractivity contribution < 1.29 is 9.53 Å². The quantitative estimate of drug-likeness (QED) is 0.468. The summed E-state index contributed by atoms with van der Waals surface area (Å²) in [4.78, 5) is 18.1. The molecule has 0 saturated heterocycles. The molecule has 1 aromatic heterocycles. The molecular formula is C22H20N2O2S2. The van der Waals surface area contributed by atoms with Crippen LogP contribution in [0.15, 0.2) is 65.7 Å². The summed E-state index contributed by atoms with van der Waals surface area (Å²) in [7, 11) is 1.66. The summed E-state index contributed by atoms with van der Waals surface area (Å²) in [6, 6.07) is 19.7. The summed E-state index contributed by atoms with van der Waals surface area (Å²) in [5.74, 6) is 1.53. The summed E-state index contributed by atoms with van der Waals surface area (Å²) in [5.41, 5.74) is 1.65. The van der Waals surface area contributed by atoms with E-state index in [-0.39, 0.29) is 5.91 Å². The Labute approximate surface area is 171 Å². The first-order valence-electron chi connectivity index (χ1n) is 8.94. The van der Waals surface area contributed by atoms with Gasteiger partial charge in [0.05, 0.1) is 17.3 Å². The number of hydrogen-bond acceptors (Lipinski definition) is 4. The number of ether oxygens (including phenoxy) is 1. The highest BCUT2D eigenvalue weighted by molar-refractivity contribution is 7.98. The predicted octanol–water partition coefficient (Wildman–Crippen LogP) is 4.97. The number of carbonyl (C=O) groups excluding carboxylic acids is 1. The molecule has 0 N–H and O–H groups in total. The van der Waals surface area contributed by atoms with Crippen molar-refractivity contribution in [3.63, 3.8) is 0 Å². The average Bonchev–Trinajstić information content (AvgIpc) is 3.07. The van der Waals surface area contributed by atoms with Crippen molar-refractivity contribution in [1.29, 1.82) is 0 Å². The number of methoxy groups -OCH3 is 1. The molecule has 3 aromatic carbocycles. The van der Waals surface area contributed by atoms with E-state index in [0.717, 1.165) is 43.8 Å². The minimum absolute atomic E-state index is 0.220. The smallest absolute Gasteiger partial charge is 0.279 e. The number of nitrogens with zero attached hydrogens (tertiary/aromatic N) is 2. The van der Waals surface area contributed by atoms with E-state index < -0.39 is 0 Å². The predicted molar refractivity (Wildman–Crippen MR) is 119 cm³/mol. The molecule has 6 heteroatoms. The van der Waals surface area contributed by atoms with Gasteiger partial charge in [0, 0.05) is 23.9 Å². The highest BCUT2D eigenvalue weighted by atomic mass is 32.2. The number of carbonyl (C=O) groups is 1. The van der Waals surface area contributed by atoms with Gasteiger partial charge in [-0.1, -0.05) is 41.7 Å². The molecule has 0 spiro atoms. The molecule has 142 valence electrons. The fourth-order valence-electron chi connectivity index (χ4n) is 3.13. The van der Waals surface area contributed by atoms with Crippen LogP contribution in [0, 0.1) is 0 Å². The molecule has 0 atom stereocenters. The first kappa shape index (κ1) is 18.8. The van der Waals surface area contributed by atoms with Crippen LogP contribution in [0.4, 0.5) is 0 Å². The van der Waals surface area contributed by atoms with Gasteiger partial charge in [0.2, 0.25) is 0 Å². The van der Waals surface area contributed by atoms with Crippen LogP contribution in [-0.2, 0) is 6.54 Å². The maximum Gasteiger partial charge on any atom is 0.279 e. The Morgan fingerprint density at radius 3 is 2.71 bits per heavy atom. The number of benzene rings is 3. The molecule has 4 aromatic rings. The van der Waals surface area contributed by atoms with Crippen LogP contribution >= 0.6 is 23.1 Å². The Morgan fingerprint density at radius 2 is 1.93 bits per heavy atom. The van der Waals surface area contributed by atoms with Crippen LogP contribution in [0.1, 0.15) is 10.4 Å². The second-order valence-electron chi connectivity index (χ2n) is 6.34. The maximum absolute atomic E-state index is 12.9. The van der Waals surface area contributed by atoms with Crippen molar-refractivity contribution in [3.8, 4) is 5.75 Å². The molecule has 0 aliphatic heterocycles. The largest absolute Gasteiger partial charge is 0.497 e. The first-order valence-corrected chi connectivity index (χ1v) is 11.1. The zero-order valence-electron chi connectivity index (χ0n) is 15.7. The molecule has 4 nitrogen and oxygen atoms in total. The van der Waals surface area contributed by atoms with E-state index >= 15 is 0 Å². The number of aryl methyl sites for hydroxylation is 1. The minimum atomic E-state index is -0.220. The molecule has 0 aliphatic carbocycles. The summed E-state index contributed by atoms with van der Waals surface area (Å²) < 4.78 is 8.57. The third kappa shape index (κ3) is 3.70. The summed E-state index contributed by atoms with van der Waals surface area (Å²) in [6.45, 7) is 0.790. The van der Waals surface area contributed by atoms with Crippen LogP contribution in [0.2, 0.25) is 0 Å². The van der Waals surface area contributed by atoms with Gasteiger partial charge >= 0.3 is 0 Å². The van der Waals surface area contributed by atoms with Crippen molar-refractivity contribution in [1.82, 2.24) is 4.57 Å². The van der Waals surface area contributed by atoms with Crippen molar-refractivity contribution in [3.05, 3.63) is 71.0 Å². The number of thioether (sulfide) groups is 1. The SMILES string of the molecule is COc1ccc2sc(=NC(=O)c3ccc4ccccc4c3)n(CCSC)c2c1. The van der Waals surface area contributed by atoms with Gasteiger partial charge in [-0.3, -0.25) is 4.79 Å². The highest BCUT2D eigenvalue weighted by Crippen LogP contribution is 2.23. The van der Waals surface area contributed by atoms with Crippen LogP contribution < -0.4 is 9.54 Å². The molecule has 0 bridgehead atoms. The number of rotatable bonds is 5. The fraction of sp³-hybridized carbons (Fsp3) is 0.182. The van der Waals surface area contributed by atoms with Crippen LogP contribution in [0.25, 0.3) is 21.0 Å². The van der Waals surface area contributed by atoms with Gasteiger partial charge < -0.3 is 9.30 Å². The van der Waals surface area contributed by atoms with E-state index in [9.17, 15) is 4.79 Å². The summed E-state index contributed by atoms with van der Waals surface area (Å²) >= 11 is 3.30. The van der Waals surface area contributed by atoms with Gasteiger partial charge in [0.15, 0.2) is 4.80 Å². The number of fused-ring (bicyclic) bond motifs is 2. The van der Waals surface area contributed by atoms with Crippen LogP contribution in [-0.4, -0.2) is 29.6 Å². The molecule has 28 heavy (non-hydrogen) atoms. The highest BCUT2D eigenvalue weighted by Gasteiger charge is 2.11. The van der Waals surface area contributed by atoms with Gasteiger partial charge in [-0.2, -0.15) is 16.8 Å². The van der Waals surface area contributed by atoms with Crippen LogP contribution in [0.5, 0.6) is 5.75 Å². The maximum atomic E-state index is 12.9. The zero-order valence-corrected chi connectivity index (χ0v) is 17.3. The number of thiazole rings is 1. The number of hydrogen-bond donors (Lipinski definition) is 0.